The predicted molar refractivity (Wildman–Crippen MR) is 227 cm³/mol. The highest BCUT2D eigenvalue weighted by molar-refractivity contribution is 5.69. The molecule has 0 amide bonds. The number of rotatable bonds is 39. The Morgan fingerprint density at radius 1 is 0.463 bits per heavy atom. The molecule has 0 bridgehead atoms. The summed E-state index contributed by atoms with van der Waals surface area (Å²) < 4.78 is 23.5. The van der Waals surface area contributed by atoms with Gasteiger partial charge in [-0.15, -0.1) is 0 Å². The lowest BCUT2D eigenvalue weighted by Crippen LogP contribution is -2.12. The molecule has 0 fully saturated rings. The van der Waals surface area contributed by atoms with Crippen LogP contribution in [-0.2, 0) is 25.6 Å². The molecule has 0 unspecified atom stereocenters. The van der Waals surface area contributed by atoms with Gasteiger partial charge in [0.05, 0.1) is 26.4 Å². The molecule has 0 heterocycles. The van der Waals surface area contributed by atoms with Crippen LogP contribution in [0.15, 0.2) is 12.1 Å². The third kappa shape index (κ3) is 30.0. The molecule has 0 aromatic heterocycles. The molecular formula is C47H85NO6. The molecule has 1 rings (SSSR count). The second kappa shape index (κ2) is 36.4. The molecule has 0 atom stereocenters. The van der Waals surface area contributed by atoms with Gasteiger partial charge in [-0.3, -0.25) is 9.59 Å². The number of hydrogen-bond acceptors (Lipinski definition) is 7. The van der Waals surface area contributed by atoms with Gasteiger partial charge in [-0.2, -0.15) is 0 Å². The highest BCUT2D eigenvalue weighted by atomic mass is 16.5. The van der Waals surface area contributed by atoms with Gasteiger partial charge < -0.3 is 23.8 Å². The summed E-state index contributed by atoms with van der Waals surface area (Å²) in [7, 11) is 4.18. The van der Waals surface area contributed by atoms with Gasteiger partial charge in [0.1, 0.15) is 11.5 Å². The average molecular weight is 760 g/mol. The van der Waals surface area contributed by atoms with Crippen molar-refractivity contribution in [3.8, 4) is 11.5 Å². The lowest BCUT2D eigenvalue weighted by Gasteiger charge is -2.18. The zero-order chi connectivity index (χ0) is 39.3. The van der Waals surface area contributed by atoms with Crippen LogP contribution in [0.5, 0.6) is 11.5 Å². The van der Waals surface area contributed by atoms with Crippen molar-refractivity contribution >= 4 is 11.9 Å². The van der Waals surface area contributed by atoms with E-state index < -0.39 is 0 Å². The molecule has 0 saturated carbocycles. The molecule has 1 aromatic carbocycles. The van der Waals surface area contributed by atoms with Crippen molar-refractivity contribution in [2.24, 2.45) is 0 Å². The first kappa shape index (κ1) is 49.7. The van der Waals surface area contributed by atoms with E-state index >= 15 is 0 Å². The second-order valence-corrected chi connectivity index (χ2v) is 15.9. The van der Waals surface area contributed by atoms with E-state index in [4.69, 9.17) is 18.9 Å². The maximum Gasteiger partial charge on any atom is 0.305 e. The Morgan fingerprint density at radius 3 is 1.13 bits per heavy atom. The lowest BCUT2D eigenvalue weighted by molar-refractivity contribution is -0.144. The van der Waals surface area contributed by atoms with Crippen LogP contribution in [0.25, 0.3) is 0 Å². The smallest absolute Gasteiger partial charge is 0.305 e. The lowest BCUT2D eigenvalue weighted by atomic mass is 10.1. The van der Waals surface area contributed by atoms with Crippen LogP contribution in [0.3, 0.4) is 0 Å². The van der Waals surface area contributed by atoms with Crippen LogP contribution in [0.2, 0.25) is 0 Å². The van der Waals surface area contributed by atoms with Crippen LogP contribution in [-0.4, -0.2) is 57.4 Å². The number of carbonyl (C=O) groups excluding carboxylic acids is 2. The summed E-state index contributed by atoms with van der Waals surface area (Å²) in [6, 6.07) is 4.34. The van der Waals surface area contributed by atoms with Gasteiger partial charge >= 0.3 is 11.9 Å². The minimum atomic E-state index is -0.0257. The summed E-state index contributed by atoms with van der Waals surface area (Å²) in [6.07, 6.45) is 32.8. The number of hydrogen-bond donors (Lipinski definition) is 0. The van der Waals surface area contributed by atoms with Gasteiger partial charge in [0.15, 0.2) is 0 Å². The summed E-state index contributed by atoms with van der Waals surface area (Å²) >= 11 is 0. The summed E-state index contributed by atoms with van der Waals surface area (Å²) in [5.41, 5.74) is 2.29. The van der Waals surface area contributed by atoms with Crippen LogP contribution >= 0.6 is 0 Å². The number of unbranched alkanes of at least 4 members (excludes halogenated alkanes) is 23. The molecule has 7 nitrogen and oxygen atoms in total. The predicted octanol–water partition coefficient (Wildman–Crippen LogP) is 13.3. The monoisotopic (exact) mass is 760 g/mol. The van der Waals surface area contributed by atoms with E-state index in [1.165, 1.54) is 102 Å². The number of benzene rings is 1. The fraction of sp³-hybridized carbons (Fsp3) is 0.830. The van der Waals surface area contributed by atoms with E-state index in [0.29, 0.717) is 39.3 Å². The van der Waals surface area contributed by atoms with Crippen LogP contribution < -0.4 is 9.47 Å². The van der Waals surface area contributed by atoms with Crippen molar-refractivity contribution < 1.29 is 28.5 Å². The quantitative estimate of drug-likeness (QED) is 0.0489. The number of esters is 2. The highest BCUT2D eigenvalue weighted by Crippen LogP contribution is 2.31. The first-order valence-corrected chi connectivity index (χ1v) is 22.7. The highest BCUT2D eigenvalue weighted by Gasteiger charge is 2.11. The molecule has 1 aromatic rings. The van der Waals surface area contributed by atoms with Crippen molar-refractivity contribution in [2.75, 3.05) is 40.5 Å². The zero-order valence-electron chi connectivity index (χ0n) is 36.1. The Labute approximate surface area is 333 Å². The minimum Gasteiger partial charge on any atom is -0.493 e. The SMILES string of the molecule is CCCCCCCCCCC(=O)OCCCCCCCCOc1cc(CN(C)C)cc(OCCCCCCCCOC(=O)CCCCCCCCC)c1C. The Kier molecular flexibility index (Phi) is 33.5. The maximum absolute atomic E-state index is 12.0. The Morgan fingerprint density at radius 2 is 0.778 bits per heavy atom. The number of ether oxygens (including phenoxy) is 4. The standard InChI is InChI=1S/C47H85NO6/c1-6-8-10-12-14-16-22-28-34-47(50)54-38-32-26-20-18-24-30-36-52-45-40-43(41-48(4)5)39-44(42(45)3)51-35-29-23-17-19-25-31-37-53-46(49)33-27-21-15-13-11-9-7-2/h39-40H,6-38,41H2,1-5H3. The summed E-state index contributed by atoms with van der Waals surface area (Å²) in [6.45, 7) is 9.97. The molecule has 54 heavy (non-hydrogen) atoms. The second-order valence-electron chi connectivity index (χ2n) is 15.9. The molecule has 0 radical (unpaired) electrons. The van der Waals surface area contributed by atoms with Gasteiger partial charge in [0.25, 0.3) is 0 Å². The van der Waals surface area contributed by atoms with E-state index in [9.17, 15) is 9.59 Å². The first-order valence-electron chi connectivity index (χ1n) is 22.7. The Hall–Kier alpha value is -2.28. The van der Waals surface area contributed by atoms with Crippen LogP contribution in [0.4, 0.5) is 0 Å². The van der Waals surface area contributed by atoms with Crippen molar-refractivity contribution in [1.29, 1.82) is 0 Å². The number of nitrogens with zero attached hydrogens (tertiary/aromatic N) is 1. The fourth-order valence-corrected chi connectivity index (χ4v) is 6.81. The van der Waals surface area contributed by atoms with Gasteiger partial charge in [-0.25, -0.2) is 0 Å². The van der Waals surface area contributed by atoms with Crippen LogP contribution in [0.1, 0.15) is 211 Å². The summed E-state index contributed by atoms with van der Waals surface area (Å²) in [5.74, 6) is 1.81. The van der Waals surface area contributed by atoms with Crippen molar-refractivity contribution in [1.82, 2.24) is 4.90 Å². The summed E-state index contributed by atoms with van der Waals surface area (Å²) in [4.78, 5) is 26.1. The average Bonchev–Trinajstić information content (AvgIpc) is 3.15. The van der Waals surface area contributed by atoms with Crippen molar-refractivity contribution in [3.63, 3.8) is 0 Å². The van der Waals surface area contributed by atoms with E-state index in [2.05, 4.69) is 51.9 Å². The minimum absolute atomic E-state index is 0.0236. The molecule has 314 valence electrons. The number of carbonyl (C=O) groups is 2. The van der Waals surface area contributed by atoms with Gasteiger partial charge in [0.2, 0.25) is 0 Å². The maximum atomic E-state index is 12.0. The third-order valence-corrected chi connectivity index (χ3v) is 10.2. The normalized spacial score (nSPS) is 11.3. The molecule has 0 spiro atoms. The fourth-order valence-electron chi connectivity index (χ4n) is 6.81. The Bertz CT molecular complexity index is 1030. The molecule has 0 saturated heterocycles. The molecule has 0 N–H and O–H groups in total. The van der Waals surface area contributed by atoms with E-state index in [1.807, 2.05) is 0 Å². The molecule has 0 aliphatic heterocycles. The summed E-state index contributed by atoms with van der Waals surface area (Å²) in [5, 5.41) is 0. The van der Waals surface area contributed by atoms with Crippen molar-refractivity contribution in [2.45, 2.75) is 214 Å². The van der Waals surface area contributed by atoms with Crippen molar-refractivity contribution in [3.05, 3.63) is 23.3 Å². The van der Waals surface area contributed by atoms with E-state index in [0.717, 1.165) is 101 Å². The van der Waals surface area contributed by atoms with Crippen LogP contribution in [0, 0.1) is 6.92 Å². The topological polar surface area (TPSA) is 74.3 Å². The molecule has 0 aliphatic carbocycles. The molecule has 7 heteroatoms. The van der Waals surface area contributed by atoms with Gasteiger partial charge in [-0.1, -0.05) is 149 Å². The third-order valence-electron chi connectivity index (χ3n) is 10.2. The molecular weight excluding hydrogens is 675 g/mol. The van der Waals surface area contributed by atoms with Gasteiger partial charge in [-0.05, 0) is 77.2 Å². The molecule has 0 aliphatic rings. The van der Waals surface area contributed by atoms with E-state index in [-0.39, 0.29) is 11.9 Å². The van der Waals surface area contributed by atoms with E-state index in [1.54, 1.807) is 0 Å². The zero-order valence-corrected chi connectivity index (χ0v) is 36.1. The first-order chi connectivity index (χ1) is 26.4. The largest absolute Gasteiger partial charge is 0.493 e. The Balaban J connectivity index is 2.14. The van der Waals surface area contributed by atoms with Gasteiger partial charge in [0, 0.05) is 24.9 Å².